The Kier molecular flexibility index (Phi) is 5.43. The second-order valence-corrected chi connectivity index (χ2v) is 6.67. The highest BCUT2D eigenvalue weighted by Crippen LogP contribution is 2.32. The molecule has 0 radical (unpaired) electrons. The average molecular weight is 356 g/mol. The van der Waals surface area contributed by atoms with Crippen molar-refractivity contribution >= 4 is 34.0 Å². The number of methoxy groups -OCH3 is 2. The van der Waals surface area contributed by atoms with Crippen molar-refractivity contribution in [1.82, 2.24) is 10.2 Å². The van der Waals surface area contributed by atoms with Gasteiger partial charge in [-0.1, -0.05) is 31.3 Å². The van der Waals surface area contributed by atoms with Gasteiger partial charge in [0.05, 0.1) is 14.2 Å². The molecule has 0 saturated carbocycles. The molecule has 0 aliphatic heterocycles. The fourth-order valence-electron chi connectivity index (χ4n) is 1.84. The van der Waals surface area contributed by atoms with Crippen LogP contribution in [0.4, 0.5) is 5.13 Å². The summed E-state index contributed by atoms with van der Waals surface area (Å²) < 4.78 is 10.5. The number of carbonyl (C=O) groups excluding carboxylic acids is 1. The van der Waals surface area contributed by atoms with Crippen molar-refractivity contribution in [2.24, 2.45) is 0 Å². The van der Waals surface area contributed by atoms with E-state index in [0.717, 1.165) is 5.01 Å². The highest BCUT2D eigenvalue weighted by atomic mass is 35.5. The van der Waals surface area contributed by atoms with E-state index in [-0.39, 0.29) is 11.3 Å². The van der Waals surface area contributed by atoms with Crippen LogP contribution in [0.3, 0.4) is 0 Å². The first-order valence-corrected chi connectivity index (χ1v) is 8.20. The van der Waals surface area contributed by atoms with Crippen molar-refractivity contribution in [2.45, 2.75) is 19.3 Å². The number of anilines is 1. The maximum atomic E-state index is 12.5. The lowest BCUT2D eigenvalue weighted by molar-refractivity contribution is 0.102. The molecule has 1 amide bonds. The van der Waals surface area contributed by atoms with Crippen LogP contribution in [-0.2, 0) is 5.41 Å². The van der Waals surface area contributed by atoms with Gasteiger partial charge in [0.1, 0.15) is 22.1 Å². The Morgan fingerprint density at radius 1 is 1.26 bits per heavy atom. The summed E-state index contributed by atoms with van der Waals surface area (Å²) in [4.78, 5) is 12.5. The van der Waals surface area contributed by atoms with Gasteiger partial charge in [-0.2, -0.15) is 0 Å². The number of hydrogen-bond donors (Lipinski definition) is 1. The lowest BCUT2D eigenvalue weighted by Gasteiger charge is -2.16. The zero-order valence-corrected chi connectivity index (χ0v) is 14.9. The van der Waals surface area contributed by atoms with Gasteiger partial charge in [-0.05, 0) is 12.1 Å². The summed E-state index contributed by atoms with van der Waals surface area (Å²) >= 11 is 7.23. The summed E-state index contributed by atoms with van der Waals surface area (Å²) in [7, 11) is 3.00. The predicted octanol–water partition coefficient (Wildman–Crippen LogP) is 3.32. The van der Waals surface area contributed by atoms with E-state index in [1.807, 2.05) is 13.8 Å². The molecule has 1 aromatic carbocycles. The molecule has 1 N–H and O–H groups in total. The largest absolute Gasteiger partial charge is 0.496 e. The fraction of sp³-hybridized carbons (Fsp3) is 0.400. The van der Waals surface area contributed by atoms with E-state index in [4.69, 9.17) is 21.1 Å². The van der Waals surface area contributed by atoms with Gasteiger partial charge >= 0.3 is 0 Å². The molecule has 0 fully saturated rings. The number of rotatable bonds is 6. The summed E-state index contributed by atoms with van der Waals surface area (Å²) in [6.07, 6.45) is 0. The smallest absolute Gasteiger partial charge is 0.265 e. The normalized spacial score (nSPS) is 11.2. The predicted molar refractivity (Wildman–Crippen MR) is 91.2 cm³/mol. The van der Waals surface area contributed by atoms with E-state index in [9.17, 15) is 4.79 Å². The summed E-state index contributed by atoms with van der Waals surface area (Å²) in [5.74, 6) is 0.890. The second kappa shape index (κ2) is 7.14. The number of nitrogens with one attached hydrogen (secondary N) is 1. The van der Waals surface area contributed by atoms with E-state index in [2.05, 4.69) is 15.5 Å². The molecule has 1 heterocycles. The third kappa shape index (κ3) is 3.73. The Bertz CT molecular complexity index is 681. The summed E-state index contributed by atoms with van der Waals surface area (Å²) in [6, 6.07) is 5.14. The Morgan fingerprint density at radius 2 is 1.87 bits per heavy atom. The van der Waals surface area contributed by atoms with Gasteiger partial charge in [-0.25, -0.2) is 0 Å². The van der Waals surface area contributed by atoms with Crippen molar-refractivity contribution in [3.8, 4) is 11.5 Å². The lowest BCUT2D eigenvalue weighted by Crippen LogP contribution is -2.18. The average Bonchev–Trinajstić information content (AvgIpc) is 3.03. The molecule has 8 heteroatoms. The first-order chi connectivity index (χ1) is 10.9. The van der Waals surface area contributed by atoms with Crippen molar-refractivity contribution in [3.05, 3.63) is 28.8 Å². The van der Waals surface area contributed by atoms with Gasteiger partial charge in [0.15, 0.2) is 0 Å². The van der Waals surface area contributed by atoms with Crippen molar-refractivity contribution in [1.29, 1.82) is 0 Å². The number of hydrogen-bond acceptors (Lipinski definition) is 6. The first-order valence-electron chi connectivity index (χ1n) is 6.85. The fourth-order valence-corrected chi connectivity index (χ4v) is 2.88. The van der Waals surface area contributed by atoms with Gasteiger partial charge in [0.25, 0.3) is 5.91 Å². The maximum Gasteiger partial charge on any atom is 0.265 e. The minimum absolute atomic E-state index is 0.301. The lowest BCUT2D eigenvalue weighted by atomic mass is 9.98. The highest BCUT2D eigenvalue weighted by Gasteiger charge is 2.25. The number of carbonyl (C=O) groups is 1. The zero-order valence-electron chi connectivity index (χ0n) is 13.3. The third-order valence-corrected chi connectivity index (χ3v) is 5.09. The number of amides is 1. The van der Waals surface area contributed by atoms with Crippen LogP contribution in [0.1, 0.15) is 29.2 Å². The molecular weight excluding hydrogens is 338 g/mol. The van der Waals surface area contributed by atoms with Crippen molar-refractivity contribution in [3.63, 3.8) is 0 Å². The second-order valence-electron chi connectivity index (χ2n) is 5.42. The summed E-state index contributed by atoms with van der Waals surface area (Å²) in [5, 5.41) is 12.0. The van der Waals surface area contributed by atoms with Gasteiger partial charge in [0, 0.05) is 11.3 Å². The standard InChI is InChI=1S/C15H18ClN3O3S/c1-15(2,8-16)13-18-19-14(23-13)17-12(20)11-9(21-3)6-5-7-10(11)22-4/h5-7H,8H2,1-4H3,(H,17,19,20). The molecule has 0 spiro atoms. The minimum Gasteiger partial charge on any atom is -0.496 e. The van der Waals surface area contributed by atoms with Gasteiger partial charge in [-0.15, -0.1) is 21.8 Å². The molecule has 0 saturated heterocycles. The highest BCUT2D eigenvalue weighted by molar-refractivity contribution is 7.15. The summed E-state index contributed by atoms with van der Waals surface area (Å²) in [6.45, 7) is 3.94. The molecule has 2 rings (SSSR count). The van der Waals surface area contributed by atoms with E-state index >= 15 is 0 Å². The minimum atomic E-state index is -0.370. The molecule has 0 unspecified atom stereocenters. The molecular formula is C15H18ClN3O3S. The Hall–Kier alpha value is -1.86. The Morgan fingerprint density at radius 3 is 2.39 bits per heavy atom. The number of halogens is 1. The number of aromatic nitrogens is 2. The van der Waals surface area contributed by atoms with Crippen LogP contribution in [0, 0.1) is 0 Å². The molecule has 6 nitrogen and oxygen atoms in total. The topological polar surface area (TPSA) is 73.3 Å². The van der Waals surface area contributed by atoms with Crippen LogP contribution in [0.2, 0.25) is 0 Å². The van der Waals surface area contributed by atoms with Crippen LogP contribution < -0.4 is 14.8 Å². The number of benzene rings is 1. The quantitative estimate of drug-likeness (QED) is 0.804. The van der Waals surface area contributed by atoms with E-state index in [1.54, 1.807) is 18.2 Å². The van der Waals surface area contributed by atoms with Gasteiger partial charge in [0.2, 0.25) is 5.13 Å². The van der Waals surface area contributed by atoms with E-state index < -0.39 is 0 Å². The van der Waals surface area contributed by atoms with Crippen molar-refractivity contribution < 1.29 is 14.3 Å². The molecule has 0 bridgehead atoms. The zero-order chi connectivity index (χ0) is 17.0. The SMILES string of the molecule is COc1cccc(OC)c1C(=O)Nc1nnc(C(C)(C)CCl)s1. The molecule has 124 valence electrons. The van der Waals surface area contributed by atoms with Crippen LogP contribution in [0.5, 0.6) is 11.5 Å². The molecule has 23 heavy (non-hydrogen) atoms. The summed E-state index contributed by atoms with van der Waals surface area (Å²) in [5.41, 5.74) is 0.00971. The Labute approximate surface area is 143 Å². The van der Waals surface area contributed by atoms with Crippen LogP contribution >= 0.6 is 22.9 Å². The van der Waals surface area contributed by atoms with Crippen molar-refractivity contribution in [2.75, 3.05) is 25.4 Å². The molecule has 0 atom stereocenters. The number of ether oxygens (including phenoxy) is 2. The number of nitrogens with zero attached hydrogens (tertiary/aromatic N) is 2. The number of alkyl halides is 1. The van der Waals surface area contributed by atoms with Gasteiger partial charge < -0.3 is 9.47 Å². The molecule has 2 aromatic rings. The monoisotopic (exact) mass is 355 g/mol. The molecule has 0 aliphatic rings. The van der Waals surface area contributed by atoms with Crippen LogP contribution in [0.25, 0.3) is 0 Å². The third-order valence-electron chi connectivity index (χ3n) is 3.21. The van der Waals surface area contributed by atoms with Crippen LogP contribution in [-0.4, -0.2) is 36.2 Å². The first kappa shape index (κ1) is 17.5. The van der Waals surface area contributed by atoms with Gasteiger partial charge in [-0.3, -0.25) is 10.1 Å². The Balaban J connectivity index is 2.27. The van der Waals surface area contributed by atoms with E-state index in [1.165, 1.54) is 25.6 Å². The molecule has 0 aliphatic carbocycles. The molecule has 1 aromatic heterocycles. The maximum absolute atomic E-state index is 12.5. The van der Waals surface area contributed by atoms with E-state index in [0.29, 0.717) is 28.1 Å². The van der Waals surface area contributed by atoms with Crippen LogP contribution in [0.15, 0.2) is 18.2 Å².